The minimum atomic E-state index is -4.85. The van der Waals surface area contributed by atoms with Crippen LogP contribution in [0, 0.1) is 12.7 Å². The molecular formula is C28H24F4N6O3. The van der Waals surface area contributed by atoms with Gasteiger partial charge in [0.15, 0.2) is 0 Å². The van der Waals surface area contributed by atoms with Crippen molar-refractivity contribution in [3.05, 3.63) is 93.5 Å². The average molecular weight is 569 g/mol. The van der Waals surface area contributed by atoms with Crippen molar-refractivity contribution in [2.75, 3.05) is 12.8 Å². The Balaban J connectivity index is 1.55. The molecule has 9 nitrogen and oxygen atoms in total. The summed E-state index contributed by atoms with van der Waals surface area (Å²) >= 11 is 0. The second kappa shape index (κ2) is 10.6. The van der Waals surface area contributed by atoms with Crippen molar-refractivity contribution in [1.29, 1.82) is 0 Å². The molecule has 41 heavy (non-hydrogen) atoms. The number of nitrogen functional groups attached to an aromatic ring is 1. The predicted octanol–water partition coefficient (Wildman–Crippen LogP) is 4.88. The van der Waals surface area contributed by atoms with Crippen LogP contribution in [0.4, 0.5) is 23.4 Å². The Morgan fingerprint density at radius 3 is 2.54 bits per heavy atom. The Morgan fingerprint density at radius 1 is 1.07 bits per heavy atom. The van der Waals surface area contributed by atoms with Gasteiger partial charge in [-0.3, -0.25) is 4.79 Å². The molecule has 0 fully saturated rings. The maximum atomic E-state index is 15.1. The molecule has 2 N–H and O–H groups in total. The summed E-state index contributed by atoms with van der Waals surface area (Å²) in [6.45, 7) is 1.02. The van der Waals surface area contributed by atoms with Gasteiger partial charge < -0.3 is 24.3 Å². The van der Waals surface area contributed by atoms with E-state index in [1.807, 2.05) is 19.1 Å². The lowest BCUT2D eigenvalue weighted by Crippen LogP contribution is -2.29. The molecule has 0 aliphatic carbocycles. The summed E-state index contributed by atoms with van der Waals surface area (Å²) in [7, 11) is 3.07. The molecule has 0 bridgehead atoms. The van der Waals surface area contributed by atoms with Gasteiger partial charge in [-0.15, -0.1) is 0 Å². The topological polar surface area (TPSA) is 110 Å². The number of hydrogen-bond acceptors (Lipinski definition) is 7. The second-order valence-corrected chi connectivity index (χ2v) is 9.24. The summed E-state index contributed by atoms with van der Waals surface area (Å²) < 4.78 is 69.0. The fraction of sp³-hybridized carbons (Fsp3) is 0.214. The van der Waals surface area contributed by atoms with Gasteiger partial charge in [0.05, 0.1) is 26.0 Å². The van der Waals surface area contributed by atoms with Crippen molar-refractivity contribution in [1.82, 2.24) is 24.1 Å². The van der Waals surface area contributed by atoms with Crippen LogP contribution in [0.5, 0.6) is 11.6 Å². The Kier molecular flexibility index (Phi) is 7.11. The number of anilines is 1. The van der Waals surface area contributed by atoms with Gasteiger partial charge in [-0.1, -0.05) is 12.1 Å². The third-order valence-corrected chi connectivity index (χ3v) is 6.62. The van der Waals surface area contributed by atoms with Crippen LogP contribution in [0.25, 0.3) is 22.3 Å². The number of para-hydroxylation sites is 1. The van der Waals surface area contributed by atoms with E-state index in [4.69, 9.17) is 15.2 Å². The molecule has 1 aromatic carbocycles. The lowest BCUT2D eigenvalue weighted by atomic mass is 10.1. The molecule has 0 spiro atoms. The number of rotatable bonds is 7. The average Bonchev–Trinajstić information content (AvgIpc) is 3.26. The first-order chi connectivity index (χ1) is 19.5. The van der Waals surface area contributed by atoms with Gasteiger partial charge >= 0.3 is 6.18 Å². The molecule has 212 valence electrons. The molecule has 13 heteroatoms. The summed E-state index contributed by atoms with van der Waals surface area (Å²) in [5.41, 5.74) is 5.29. The highest BCUT2D eigenvalue weighted by molar-refractivity contribution is 5.96. The van der Waals surface area contributed by atoms with E-state index in [0.29, 0.717) is 40.1 Å². The molecule has 0 aliphatic rings. The van der Waals surface area contributed by atoms with E-state index in [-0.39, 0.29) is 23.6 Å². The van der Waals surface area contributed by atoms with Crippen molar-refractivity contribution < 1.29 is 27.0 Å². The lowest BCUT2D eigenvalue weighted by Gasteiger charge is -2.17. The molecule has 0 atom stereocenters. The Hall–Kier alpha value is -4.94. The molecule has 0 aliphatic heterocycles. The highest BCUT2D eigenvalue weighted by Gasteiger charge is 2.34. The van der Waals surface area contributed by atoms with E-state index in [1.165, 1.54) is 13.3 Å². The SMILES string of the molecule is COc1ncc(F)c(COc2cccc3c(-c4ncc(N)n4C)cc(C)nc23)c1Cn1cccc(C(F)(F)F)c1=O. The minimum Gasteiger partial charge on any atom is -0.486 e. The number of nitrogens with zero attached hydrogens (tertiary/aromatic N) is 5. The van der Waals surface area contributed by atoms with Crippen molar-refractivity contribution in [3.63, 3.8) is 0 Å². The van der Waals surface area contributed by atoms with Crippen LogP contribution in [0.2, 0.25) is 0 Å². The molecule has 0 unspecified atom stereocenters. The summed E-state index contributed by atoms with van der Waals surface area (Å²) in [6.07, 6.45) is -1.20. The van der Waals surface area contributed by atoms with Crippen molar-refractivity contribution in [2.45, 2.75) is 26.3 Å². The van der Waals surface area contributed by atoms with E-state index >= 15 is 4.39 Å². The highest BCUT2D eigenvalue weighted by atomic mass is 19.4. The third-order valence-electron chi connectivity index (χ3n) is 6.62. The van der Waals surface area contributed by atoms with Crippen LogP contribution >= 0.6 is 0 Å². The van der Waals surface area contributed by atoms with Crippen molar-refractivity contribution in [2.24, 2.45) is 7.05 Å². The zero-order valence-electron chi connectivity index (χ0n) is 22.2. The standard InChI is InChI=1S/C28H24F4N6O3/c1-15-10-17(25-34-12-23(33)37(25)2)16-6-4-8-22(24(16)36-15)41-14-19-18(26(40-3)35-11-21(19)29)13-38-9-5-7-20(27(38)39)28(30,31)32/h4-12H,13-14,33H2,1-3H3. The predicted molar refractivity (Wildman–Crippen MR) is 143 cm³/mol. The first-order valence-corrected chi connectivity index (χ1v) is 12.3. The van der Waals surface area contributed by atoms with Gasteiger partial charge in [0.1, 0.15) is 40.9 Å². The molecule has 0 amide bonds. The number of imidazole rings is 1. The number of alkyl halides is 3. The molecule has 0 radical (unpaired) electrons. The number of hydrogen-bond donors (Lipinski definition) is 1. The number of fused-ring (bicyclic) bond motifs is 1. The number of ether oxygens (including phenoxy) is 2. The number of pyridine rings is 3. The lowest BCUT2D eigenvalue weighted by molar-refractivity contribution is -0.138. The largest absolute Gasteiger partial charge is 0.486 e. The summed E-state index contributed by atoms with van der Waals surface area (Å²) in [4.78, 5) is 25.5. The summed E-state index contributed by atoms with van der Waals surface area (Å²) in [6, 6.07) is 8.90. The number of aromatic nitrogens is 5. The van der Waals surface area contributed by atoms with Gasteiger partial charge in [-0.05, 0) is 31.2 Å². The van der Waals surface area contributed by atoms with E-state index in [2.05, 4.69) is 15.0 Å². The number of methoxy groups -OCH3 is 1. The zero-order chi connectivity index (χ0) is 29.5. The van der Waals surface area contributed by atoms with E-state index < -0.39 is 29.7 Å². The number of nitrogens with two attached hydrogens (primary N) is 1. The first kappa shape index (κ1) is 27.6. The maximum absolute atomic E-state index is 15.1. The fourth-order valence-corrected chi connectivity index (χ4v) is 4.56. The minimum absolute atomic E-state index is 0.0390. The first-order valence-electron chi connectivity index (χ1n) is 12.3. The number of aryl methyl sites for hydroxylation is 1. The Morgan fingerprint density at radius 2 is 1.85 bits per heavy atom. The smallest absolute Gasteiger partial charge is 0.421 e. The molecule has 0 saturated carbocycles. The van der Waals surface area contributed by atoms with Crippen LogP contribution in [0.3, 0.4) is 0 Å². The van der Waals surface area contributed by atoms with Crippen molar-refractivity contribution >= 4 is 16.7 Å². The van der Waals surface area contributed by atoms with Crippen LogP contribution in [-0.4, -0.2) is 31.2 Å². The van der Waals surface area contributed by atoms with Crippen LogP contribution in [-0.2, 0) is 26.4 Å². The van der Waals surface area contributed by atoms with Crippen molar-refractivity contribution in [3.8, 4) is 23.0 Å². The molecule has 5 aromatic rings. The molecule has 0 saturated heterocycles. The number of halogens is 4. The second-order valence-electron chi connectivity index (χ2n) is 9.24. The maximum Gasteiger partial charge on any atom is 0.421 e. The van der Waals surface area contributed by atoms with E-state index in [9.17, 15) is 18.0 Å². The monoisotopic (exact) mass is 568 g/mol. The Bertz CT molecular complexity index is 1830. The zero-order valence-corrected chi connectivity index (χ0v) is 22.2. The summed E-state index contributed by atoms with van der Waals surface area (Å²) in [5, 5.41) is 0.713. The molecule has 4 aromatic heterocycles. The third kappa shape index (κ3) is 5.17. The van der Waals surface area contributed by atoms with Crippen LogP contribution < -0.4 is 20.8 Å². The van der Waals surface area contributed by atoms with Gasteiger partial charge in [0.2, 0.25) is 5.88 Å². The van der Waals surface area contributed by atoms with Gasteiger partial charge in [0, 0.05) is 41.0 Å². The number of benzene rings is 1. The van der Waals surface area contributed by atoms with E-state index in [1.54, 1.807) is 29.9 Å². The van der Waals surface area contributed by atoms with Gasteiger partial charge in [-0.25, -0.2) is 19.3 Å². The molecule has 4 heterocycles. The quantitative estimate of drug-likeness (QED) is 0.279. The molecule has 5 rings (SSSR count). The fourth-order valence-electron chi connectivity index (χ4n) is 4.56. The van der Waals surface area contributed by atoms with E-state index in [0.717, 1.165) is 22.4 Å². The Labute approximate surface area is 230 Å². The van der Waals surface area contributed by atoms with Crippen LogP contribution in [0.1, 0.15) is 22.4 Å². The van der Waals surface area contributed by atoms with Gasteiger partial charge in [0.25, 0.3) is 5.56 Å². The van der Waals surface area contributed by atoms with Gasteiger partial charge in [-0.2, -0.15) is 13.2 Å². The summed E-state index contributed by atoms with van der Waals surface area (Å²) in [5.74, 6) is 0.579. The van der Waals surface area contributed by atoms with Crippen LogP contribution in [0.15, 0.2) is 59.8 Å². The highest BCUT2D eigenvalue weighted by Crippen LogP contribution is 2.34. The molecular weight excluding hydrogens is 544 g/mol. The normalized spacial score (nSPS) is 11.7.